The molecule has 0 aliphatic rings. The molecule has 0 amide bonds. The van der Waals surface area contributed by atoms with Crippen LogP contribution in [0.1, 0.15) is 0 Å². The first-order valence-electron chi connectivity index (χ1n) is 3.02. The molecule has 1 rings (SSSR count). The van der Waals surface area contributed by atoms with Gasteiger partial charge in [0.25, 0.3) is 10.0 Å². The molecule has 0 saturated carbocycles. The molecule has 0 fully saturated rings. The lowest BCUT2D eigenvalue weighted by molar-refractivity contribution is 0.242. The highest BCUT2D eigenvalue weighted by molar-refractivity contribution is 7.89. The van der Waals surface area contributed by atoms with Gasteiger partial charge in [0.05, 0.1) is 0 Å². The van der Waals surface area contributed by atoms with E-state index in [1.165, 1.54) is 24.3 Å². The third-order valence-electron chi connectivity index (χ3n) is 1.27. The lowest BCUT2D eigenvalue weighted by Crippen LogP contribution is -2.19. The van der Waals surface area contributed by atoms with Gasteiger partial charge in [0, 0.05) is 0 Å². The van der Waals surface area contributed by atoms with E-state index >= 15 is 0 Å². The molecule has 0 atom stereocenters. The van der Waals surface area contributed by atoms with Gasteiger partial charge in [-0.2, -0.15) is 0 Å². The third kappa shape index (κ3) is 1.55. The second-order valence-corrected chi connectivity index (χ2v) is 3.69. The number of nitrogens with one attached hydrogen (secondary N) is 1. The number of para-hydroxylation sites is 1. The number of hydrogen-bond donors (Lipinski definition) is 3. The summed E-state index contributed by atoms with van der Waals surface area (Å²) < 4.78 is 21.8. The van der Waals surface area contributed by atoms with E-state index in [0.717, 1.165) is 4.89 Å². The summed E-state index contributed by atoms with van der Waals surface area (Å²) in [5, 5.41) is 17.3. The molecule has 0 bridgehead atoms. The Bertz CT molecular complexity index is 373. The average Bonchev–Trinajstić information content (AvgIpc) is 2.05. The molecule has 0 aliphatic heterocycles. The minimum absolute atomic E-state index is 0.354. The van der Waals surface area contributed by atoms with Crippen molar-refractivity contribution in [3.8, 4) is 5.75 Å². The summed E-state index contributed by atoms with van der Waals surface area (Å²) in [5.74, 6) is -0.404. The van der Waals surface area contributed by atoms with Crippen LogP contribution < -0.4 is 4.89 Å². The summed E-state index contributed by atoms with van der Waals surface area (Å²) >= 11 is 0. The maximum absolute atomic E-state index is 10.9. The molecule has 12 heavy (non-hydrogen) atoms. The molecule has 1 aromatic rings. The van der Waals surface area contributed by atoms with E-state index in [1.807, 2.05) is 0 Å². The van der Waals surface area contributed by atoms with Crippen LogP contribution in [0.3, 0.4) is 0 Å². The Balaban J connectivity index is 3.30. The van der Waals surface area contributed by atoms with E-state index in [2.05, 4.69) is 0 Å². The van der Waals surface area contributed by atoms with Crippen molar-refractivity contribution in [2.75, 3.05) is 0 Å². The van der Waals surface area contributed by atoms with Crippen LogP contribution in [0.25, 0.3) is 0 Å². The Labute approximate surface area is 69.3 Å². The fourth-order valence-corrected chi connectivity index (χ4v) is 1.43. The fourth-order valence-electron chi connectivity index (χ4n) is 0.734. The van der Waals surface area contributed by atoms with E-state index < -0.39 is 15.8 Å². The highest BCUT2D eigenvalue weighted by atomic mass is 32.2. The Hall–Kier alpha value is -1.11. The van der Waals surface area contributed by atoms with Gasteiger partial charge in [-0.1, -0.05) is 17.0 Å². The van der Waals surface area contributed by atoms with Crippen LogP contribution in [0.5, 0.6) is 5.75 Å². The molecule has 6 heteroatoms. The quantitative estimate of drug-likeness (QED) is 0.574. The molecule has 1 aromatic carbocycles. The van der Waals surface area contributed by atoms with Crippen molar-refractivity contribution < 1.29 is 18.7 Å². The molecular formula is C6H7NO4S. The van der Waals surface area contributed by atoms with Crippen LogP contribution in [0.15, 0.2) is 29.2 Å². The highest BCUT2D eigenvalue weighted by Gasteiger charge is 2.15. The normalized spacial score (nSPS) is 11.4. The highest BCUT2D eigenvalue weighted by Crippen LogP contribution is 2.20. The molecule has 0 heterocycles. The zero-order chi connectivity index (χ0) is 9.19. The minimum atomic E-state index is -3.97. The molecule has 0 spiro atoms. The summed E-state index contributed by atoms with van der Waals surface area (Å²) in [5.41, 5.74) is 0. The molecule has 0 unspecified atom stereocenters. The summed E-state index contributed by atoms with van der Waals surface area (Å²) in [4.78, 5) is 0.756. The van der Waals surface area contributed by atoms with Crippen molar-refractivity contribution >= 4 is 10.0 Å². The van der Waals surface area contributed by atoms with Crippen LogP contribution in [0.2, 0.25) is 0 Å². The summed E-state index contributed by atoms with van der Waals surface area (Å²) in [6, 6.07) is 5.30. The first-order valence-corrected chi connectivity index (χ1v) is 4.50. The van der Waals surface area contributed by atoms with Gasteiger partial charge >= 0.3 is 0 Å². The van der Waals surface area contributed by atoms with Gasteiger partial charge in [-0.25, -0.2) is 8.42 Å². The fraction of sp³-hybridized carbons (Fsp3) is 0. The Morgan fingerprint density at radius 1 is 1.25 bits per heavy atom. The standard InChI is InChI=1S/C6H7NO4S/c8-5-3-1-2-4-6(5)12(10,11)7-9/h1-4,7-9H. The largest absolute Gasteiger partial charge is 0.507 e. The second-order valence-electron chi connectivity index (χ2n) is 2.06. The van der Waals surface area contributed by atoms with Gasteiger partial charge in [0.1, 0.15) is 10.6 Å². The van der Waals surface area contributed by atoms with Gasteiger partial charge in [-0.05, 0) is 12.1 Å². The number of phenols is 1. The Morgan fingerprint density at radius 3 is 2.33 bits per heavy atom. The number of benzene rings is 1. The number of aromatic hydroxyl groups is 1. The van der Waals surface area contributed by atoms with Crippen molar-refractivity contribution in [3.05, 3.63) is 24.3 Å². The van der Waals surface area contributed by atoms with E-state index in [4.69, 9.17) is 10.3 Å². The predicted molar refractivity (Wildman–Crippen MR) is 40.2 cm³/mol. The van der Waals surface area contributed by atoms with Gasteiger partial charge in [-0.3, -0.25) is 0 Å². The molecule has 0 aromatic heterocycles. The van der Waals surface area contributed by atoms with E-state index in [0.29, 0.717) is 0 Å². The van der Waals surface area contributed by atoms with Gasteiger partial charge in [-0.15, -0.1) is 0 Å². The SMILES string of the molecule is O=S(=O)(NO)c1ccccc1O. The lowest BCUT2D eigenvalue weighted by Gasteiger charge is -2.02. The number of rotatable bonds is 2. The van der Waals surface area contributed by atoms with Crippen LogP contribution in [-0.4, -0.2) is 18.7 Å². The van der Waals surface area contributed by atoms with Crippen LogP contribution >= 0.6 is 0 Å². The van der Waals surface area contributed by atoms with Gasteiger partial charge < -0.3 is 10.3 Å². The number of phenolic OH excluding ortho intramolecular Hbond substituents is 1. The van der Waals surface area contributed by atoms with Crippen molar-refractivity contribution in [1.29, 1.82) is 0 Å². The second kappa shape index (κ2) is 3.10. The summed E-state index contributed by atoms with van der Waals surface area (Å²) in [6.45, 7) is 0. The molecular weight excluding hydrogens is 182 g/mol. The van der Waals surface area contributed by atoms with Crippen LogP contribution in [-0.2, 0) is 10.0 Å². The third-order valence-corrected chi connectivity index (χ3v) is 2.44. The minimum Gasteiger partial charge on any atom is -0.507 e. The average molecular weight is 189 g/mol. The zero-order valence-electron chi connectivity index (χ0n) is 5.93. The van der Waals surface area contributed by atoms with Gasteiger partial charge in [0.15, 0.2) is 0 Å². The van der Waals surface area contributed by atoms with E-state index in [1.54, 1.807) is 0 Å². The number of hydrogen-bond acceptors (Lipinski definition) is 4. The first kappa shape index (κ1) is 8.98. The molecule has 0 aliphatic carbocycles. The van der Waals surface area contributed by atoms with E-state index in [-0.39, 0.29) is 4.90 Å². The molecule has 0 radical (unpaired) electrons. The maximum Gasteiger partial charge on any atom is 0.265 e. The smallest absolute Gasteiger partial charge is 0.265 e. The maximum atomic E-state index is 10.9. The Morgan fingerprint density at radius 2 is 1.83 bits per heavy atom. The van der Waals surface area contributed by atoms with E-state index in [9.17, 15) is 8.42 Å². The molecule has 66 valence electrons. The first-order chi connectivity index (χ1) is 5.58. The monoisotopic (exact) mass is 189 g/mol. The topological polar surface area (TPSA) is 86.6 Å². The number of sulfonamides is 1. The van der Waals surface area contributed by atoms with Crippen molar-refractivity contribution in [3.63, 3.8) is 0 Å². The van der Waals surface area contributed by atoms with Crippen molar-refractivity contribution in [2.45, 2.75) is 4.90 Å². The van der Waals surface area contributed by atoms with Crippen molar-refractivity contribution in [2.24, 2.45) is 0 Å². The summed E-state index contributed by atoms with van der Waals surface area (Å²) in [7, 11) is -3.97. The predicted octanol–water partition coefficient (Wildman–Crippen LogP) is 0.0597. The van der Waals surface area contributed by atoms with Crippen molar-refractivity contribution in [1.82, 2.24) is 4.89 Å². The Kier molecular flexibility index (Phi) is 2.32. The molecule has 3 N–H and O–H groups in total. The van der Waals surface area contributed by atoms with Crippen LogP contribution in [0.4, 0.5) is 0 Å². The lowest BCUT2D eigenvalue weighted by atomic mass is 10.3. The zero-order valence-corrected chi connectivity index (χ0v) is 6.75. The van der Waals surface area contributed by atoms with Gasteiger partial charge in [0.2, 0.25) is 0 Å². The summed E-state index contributed by atoms with van der Waals surface area (Å²) in [6.07, 6.45) is 0. The molecule has 5 nitrogen and oxygen atoms in total. The molecule has 0 saturated heterocycles. The van der Waals surface area contributed by atoms with Crippen LogP contribution in [0, 0.1) is 0 Å².